The Morgan fingerprint density at radius 1 is 1.35 bits per heavy atom. The zero-order valence-electron chi connectivity index (χ0n) is 10.0. The summed E-state index contributed by atoms with van der Waals surface area (Å²) in [4.78, 5) is 0. The fourth-order valence-corrected chi connectivity index (χ4v) is 2.48. The molecule has 2 rings (SSSR count). The maximum Gasteiger partial charge on any atom is 0.126 e. The van der Waals surface area contributed by atoms with E-state index in [0.717, 1.165) is 32.4 Å². The normalized spacial score (nSPS) is 23.0. The largest absolute Gasteiger partial charge is 0.508 e. The molecule has 1 aliphatic heterocycles. The molecule has 1 aromatic rings. The monoisotopic (exact) mass is 237 g/mol. The van der Waals surface area contributed by atoms with Crippen LogP contribution < -0.4 is 5.32 Å². The van der Waals surface area contributed by atoms with Crippen LogP contribution in [-0.4, -0.2) is 18.2 Å². The SMILES string of the molecule is Oc1cccc(C(F)CC2CCCNCC2)c1. The first-order chi connectivity index (χ1) is 8.25. The Labute approximate surface area is 102 Å². The third kappa shape index (κ3) is 3.70. The van der Waals surface area contributed by atoms with Crippen molar-refractivity contribution in [1.82, 2.24) is 5.32 Å². The van der Waals surface area contributed by atoms with Crippen molar-refractivity contribution in [2.75, 3.05) is 13.1 Å². The molecule has 2 atom stereocenters. The Hall–Kier alpha value is -1.09. The molecule has 17 heavy (non-hydrogen) atoms. The van der Waals surface area contributed by atoms with Crippen molar-refractivity contribution in [1.29, 1.82) is 0 Å². The standard InChI is InChI=1S/C14H20FNO/c15-14(12-4-1-5-13(17)10-12)9-11-3-2-7-16-8-6-11/h1,4-5,10-11,14,16-17H,2-3,6-9H2. The fourth-order valence-electron chi connectivity index (χ4n) is 2.48. The molecule has 1 saturated heterocycles. The van der Waals surface area contributed by atoms with Gasteiger partial charge in [0, 0.05) is 0 Å². The molecule has 1 aliphatic rings. The van der Waals surface area contributed by atoms with Crippen molar-refractivity contribution < 1.29 is 9.50 Å². The summed E-state index contributed by atoms with van der Waals surface area (Å²) < 4.78 is 14.1. The molecule has 0 aliphatic carbocycles. The van der Waals surface area contributed by atoms with Crippen LogP contribution in [0.5, 0.6) is 5.75 Å². The molecule has 0 aromatic heterocycles. The van der Waals surface area contributed by atoms with Crippen molar-refractivity contribution in [3.63, 3.8) is 0 Å². The Morgan fingerprint density at radius 3 is 3.06 bits per heavy atom. The van der Waals surface area contributed by atoms with Gasteiger partial charge in [0.05, 0.1) is 0 Å². The number of hydrogen-bond acceptors (Lipinski definition) is 2. The van der Waals surface area contributed by atoms with Gasteiger partial charge in [-0.1, -0.05) is 12.1 Å². The Kier molecular flexibility index (Phi) is 4.37. The van der Waals surface area contributed by atoms with Crippen LogP contribution in [0.2, 0.25) is 0 Å². The average molecular weight is 237 g/mol. The average Bonchev–Trinajstić information content (AvgIpc) is 2.57. The van der Waals surface area contributed by atoms with E-state index in [1.165, 1.54) is 6.07 Å². The maximum absolute atomic E-state index is 14.1. The zero-order chi connectivity index (χ0) is 12.1. The van der Waals surface area contributed by atoms with Gasteiger partial charge in [0.2, 0.25) is 0 Å². The summed E-state index contributed by atoms with van der Waals surface area (Å²) in [7, 11) is 0. The molecule has 94 valence electrons. The van der Waals surface area contributed by atoms with Crippen LogP contribution in [-0.2, 0) is 0 Å². The predicted molar refractivity (Wildman–Crippen MR) is 66.8 cm³/mol. The van der Waals surface area contributed by atoms with Gasteiger partial charge in [-0.05, 0) is 62.4 Å². The zero-order valence-corrected chi connectivity index (χ0v) is 10.0. The number of aromatic hydroxyl groups is 1. The van der Waals surface area contributed by atoms with Gasteiger partial charge in [-0.25, -0.2) is 4.39 Å². The molecule has 0 spiro atoms. The van der Waals surface area contributed by atoms with Crippen LogP contribution in [0.4, 0.5) is 4.39 Å². The highest BCUT2D eigenvalue weighted by Crippen LogP contribution is 2.31. The van der Waals surface area contributed by atoms with Crippen LogP contribution in [0, 0.1) is 5.92 Å². The van der Waals surface area contributed by atoms with E-state index in [9.17, 15) is 9.50 Å². The third-order valence-corrected chi connectivity index (χ3v) is 3.47. The van der Waals surface area contributed by atoms with E-state index in [1.54, 1.807) is 18.2 Å². The van der Waals surface area contributed by atoms with E-state index in [0.29, 0.717) is 17.9 Å². The lowest BCUT2D eigenvalue weighted by Crippen LogP contribution is -2.14. The van der Waals surface area contributed by atoms with Gasteiger partial charge in [0.1, 0.15) is 11.9 Å². The molecule has 2 nitrogen and oxygen atoms in total. The predicted octanol–water partition coefficient (Wildman–Crippen LogP) is 3.18. The number of phenols is 1. The third-order valence-electron chi connectivity index (χ3n) is 3.47. The molecular formula is C14H20FNO. The fraction of sp³-hybridized carbons (Fsp3) is 0.571. The molecular weight excluding hydrogens is 217 g/mol. The van der Waals surface area contributed by atoms with Crippen molar-refractivity contribution in [3.05, 3.63) is 29.8 Å². The van der Waals surface area contributed by atoms with E-state index >= 15 is 0 Å². The van der Waals surface area contributed by atoms with Gasteiger partial charge < -0.3 is 10.4 Å². The lowest BCUT2D eigenvalue weighted by atomic mass is 9.92. The molecule has 2 unspecified atom stereocenters. The van der Waals surface area contributed by atoms with Gasteiger partial charge in [0.25, 0.3) is 0 Å². The number of rotatable bonds is 3. The van der Waals surface area contributed by atoms with Crippen LogP contribution in [0.15, 0.2) is 24.3 Å². The summed E-state index contributed by atoms with van der Waals surface area (Å²) in [5.41, 5.74) is 0.599. The molecule has 1 heterocycles. The topological polar surface area (TPSA) is 32.3 Å². The van der Waals surface area contributed by atoms with E-state index in [4.69, 9.17) is 0 Å². The van der Waals surface area contributed by atoms with Crippen molar-refractivity contribution >= 4 is 0 Å². The highest BCUT2D eigenvalue weighted by molar-refractivity contribution is 5.28. The quantitative estimate of drug-likeness (QED) is 0.846. The lowest BCUT2D eigenvalue weighted by molar-refractivity contribution is 0.260. The molecule has 0 radical (unpaired) electrons. The second-order valence-electron chi connectivity index (χ2n) is 4.85. The lowest BCUT2D eigenvalue weighted by Gasteiger charge is -2.17. The second-order valence-corrected chi connectivity index (χ2v) is 4.85. The minimum atomic E-state index is -0.954. The highest BCUT2D eigenvalue weighted by atomic mass is 19.1. The first kappa shape index (κ1) is 12.4. The van der Waals surface area contributed by atoms with Gasteiger partial charge >= 0.3 is 0 Å². The summed E-state index contributed by atoms with van der Waals surface area (Å²) in [6, 6.07) is 6.55. The molecule has 0 bridgehead atoms. The summed E-state index contributed by atoms with van der Waals surface area (Å²) in [6.07, 6.45) is 2.92. The van der Waals surface area contributed by atoms with Gasteiger partial charge in [-0.15, -0.1) is 0 Å². The van der Waals surface area contributed by atoms with Crippen LogP contribution in [0.25, 0.3) is 0 Å². The molecule has 0 amide bonds. The number of benzene rings is 1. The minimum absolute atomic E-state index is 0.146. The molecule has 1 aromatic carbocycles. The number of alkyl halides is 1. The van der Waals surface area contributed by atoms with E-state index < -0.39 is 6.17 Å². The van der Waals surface area contributed by atoms with Crippen LogP contribution >= 0.6 is 0 Å². The first-order valence-electron chi connectivity index (χ1n) is 6.39. The maximum atomic E-state index is 14.1. The summed E-state index contributed by atoms with van der Waals surface area (Å²) >= 11 is 0. The van der Waals surface area contributed by atoms with Gasteiger partial charge in [0.15, 0.2) is 0 Å². The van der Waals surface area contributed by atoms with Crippen LogP contribution in [0.3, 0.4) is 0 Å². The molecule has 1 fully saturated rings. The second kappa shape index (κ2) is 6.01. The molecule has 3 heteroatoms. The molecule has 0 saturated carbocycles. The Morgan fingerprint density at radius 2 is 2.24 bits per heavy atom. The minimum Gasteiger partial charge on any atom is -0.508 e. The number of phenolic OH excluding ortho intramolecular Hbond substituents is 1. The van der Waals surface area contributed by atoms with E-state index in [1.807, 2.05) is 0 Å². The van der Waals surface area contributed by atoms with E-state index in [2.05, 4.69) is 5.32 Å². The summed E-state index contributed by atoms with van der Waals surface area (Å²) in [6.45, 7) is 2.05. The number of nitrogens with one attached hydrogen (secondary N) is 1. The van der Waals surface area contributed by atoms with Crippen molar-refractivity contribution in [3.8, 4) is 5.75 Å². The number of halogens is 1. The first-order valence-corrected chi connectivity index (χ1v) is 6.39. The molecule has 2 N–H and O–H groups in total. The highest BCUT2D eigenvalue weighted by Gasteiger charge is 2.19. The number of hydrogen-bond donors (Lipinski definition) is 2. The summed E-state index contributed by atoms with van der Waals surface area (Å²) in [5.74, 6) is 0.607. The van der Waals surface area contributed by atoms with E-state index in [-0.39, 0.29) is 5.75 Å². The van der Waals surface area contributed by atoms with Crippen LogP contribution in [0.1, 0.15) is 37.4 Å². The smallest absolute Gasteiger partial charge is 0.126 e. The van der Waals surface area contributed by atoms with Gasteiger partial charge in [-0.2, -0.15) is 0 Å². The van der Waals surface area contributed by atoms with Crippen molar-refractivity contribution in [2.24, 2.45) is 5.92 Å². The summed E-state index contributed by atoms with van der Waals surface area (Å²) in [5, 5.41) is 12.7. The van der Waals surface area contributed by atoms with Gasteiger partial charge in [-0.3, -0.25) is 0 Å². The Bertz CT molecular complexity index is 348. The Balaban J connectivity index is 1.93. The van der Waals surface area contributed by atoms with Crippen molar-refractivity contribution in [2.45, 2.75) is 31.9 Å².